The Morgan fingerprint density at radius 1 is 1.30 bits per heavy atom. The zero-order valence-corrected chi connectivity index (χ0v) is 22.0. The van der Waals surface area contributed by atoms with E-state index in [0.717, 1.165) is 12.0 Å². The first-order chi connectivity index (χ1) is 15.4. The van der Waals surface area contributed by atoms with Crippen molar-refractivity contribution in [3.63, 3.8) is 0 Å². The van der Waals surface area contributed by atoms with E-state index in [-0.39, 0.29) is 11.6 Å². The molecule has 9 heteroatoms. The number of hydrogen-bond donors (Lipinski definition) is 3. The van der Waals surface area contributed by atoms with Gasteiger partial charge in [-0.05, 0) is 67.0 Å². The van der Waals surface area contributed by atoms with E-state index >= 15 is 0 Å². The Hall–Kier alpha value is -2.45. The SMILES string of the molecule is CC(=N)c1cc(/C(N)=N/S(C)=O)c(O)cc1C.CCC(C)c1cnc(OCC(C)C)c(Cl)c1. The molecule has 0 aliphatic heterocycles. The smallest absolute Gasteiger partial charge is 0.232 e. The Morgan fingerprint density at radius 3 is 2.42 bits per heavy atom. The van der Waals surface area contributed by atoms with Crippen LogP contribution in [0.2, 0.25) is 5.02 Å². The number of amidine groups is 1. The van der Waals surface area contributed by atoms with Gasteiger partial charge in [0.05, 0.1) is 12.2 Å². The predicted molar refractivity (Wildman–Crippen MR) is 138 cm³/mol. The van der Waals surface area contributed by atoms with Crippen LogP contribution in [0.1, 0.15) is 69.2 Å². The first-order valence-electron chi connectivity index (χ1n) is 10.7. The highest BCUT2D eigenvalue weighted by Gasteiger charge is 2.12. The summed E-state index contributed by atoms with van der Waals surface area (Å²) in [5, 5.41) is 18.0. The van der Waals surface area contributed by atoms with Gasteiger partial charge in [0, 0.05) is 18.2 Å². The molecule has 0 saturated heterocycles. The van der Waals surface area contributed by atoms with Gasteiger partial charge in [0.25, 0.3) is 0 Å². The van der Waals surface area contributed by atoms with Crippen molar-refractivity contribution in [1.82, 2.24) is 4.98 Å². The van der Waals surface area contributed by atoms with Crippen LogP contribution in [0.25, 0.3) is 0 Å². The molecule has 0 spiro atoms. The van der Waals surface area contributed by atoms with E-state index in [9.17, 15) is 9.32 Å². The van der Waals surface area contributed by atoms with E-state index in [0.29, 0.717) is 46.2 Å². The molecule has 1 heterocycles. The molecule has 0 radical (unpaired) electrons. The third kappa shape index (κ3) is 9.14. The second-order valence-corrected chi connectivity index (χ2v) is 9.72. The molecule has 2 unspecified atom stereocenters. The van der Waals surface area contributed by atoms with Gasteiger partial charge in [0.15, 0.2) is 0 Å². The summed E-state index contributed by atoms with van der Waals surface area (Å²) in [5.41, 5.74) is 8.94. The zero-order valence-electron chi connectivity index (χ0n) is 20.4. The van der Waals surface area contributed by atoms with E-state index in [2.05, 4.69) is 37.1 Å². The van der Waals surface area contributed by atoms with Crippen LogP contribution in [-0.4, -0.2) is 38.7 Å². The summed E-state index contributed by atoms with van der Waals surface area (Å²) in [6.07, 6.45) is 4.33. The van der Waals surface area contributed by atoms with Crippen molar-refractivity contribution < 1.29 is 14.1 Å². The van der Waals surface area contributed by atoms with Crippen LogP contribution in [0, 0.1) is 18.3 Å². The molecule has 7 nitrogen and oxygen atoms in total. The third-order valence-corrected chi connectivity index (χ3v) is 5.54. The second kappa shape index (κ2) is 13.3. The lowest BCUT2D eigenvalue weighted by molar-refractivity contribution is 0.261. The molecular formula is C24H35ClN4O3S. The normalized spacial score (nSPS) is 13.2. The maximum Gasteiger partial charge on any atom is 0.232 e. The van der Waals surface area contributed by atoms with Crippen LogP contribution in [0.3, 0.4) is 0 Å². The van der Waals surface area contributed by atoms with Crippen LogP contribution in [0.5, 0.6) is 11.6 Å². The Balaban J connectivity index is 0.000000331. The van der Waals surface area contributed by atoms with Crippen LogP contribution in [0.4, 0.5) is 0 Å². The monoisotopic (exact) mass is 494 g/mol. The third-order valence-electron chi connectivity index (χ3n) is 4.81. The largest absolute Gasteiger partial charge is 0.507 e. The Kier molecular flexibility index (Phi) is 11.5. The molecule has 0 aliphatic carbocycles. The van der Waals surface area contributed by atoms with Crippen molar-refractivity contribution in [2.45, 2.75) is 53.9 Å². The van der Waals surface area contributed by atoms with Crippen LogP contribution in [0.15, 0.2) is 28.8 Å². The second-order valence-electron chi connectivity index (χ2n) is 8.28. The van der Waals surface area contributed by atoms with E-state index in [1.54, 1.807) is 19.9 Å². The lowest BCUT2D eigenvalue weighted by Gasteiger charge is -2.12. The molecular weight excluding hydrogens is 460 g/mol. The number of aromatic hydroxyl groups is 1. The van der Waals surface area contributed by atoms with Gasteiger partial charge in [-0.1, -0.05) is 39.3 Å². The maximum atomic E-state index is 10.9. The lowest BCUT2D eigenvalue weighted by atomic mass is 10.0. The minimum atomic E-state index is -1.43. The van der Waals surface area contributed by atoms with Crippen molar-refractivity contribution >= 4 is 34.1 Å². The highest BCUT2D eigenvalue weighted by Crippen LogP contribution is 2.27. The van der Waals surface area contributed by atoms with Gasteiger partial charge in [0.2, 0.25) is 5.88 Å². The minimum absolute atomic E-state index is 0.00540. The number of aromatic nitrogens is 1. The van der Waals surface area contributed by atoms with E-state index in [1.807, 2.05) is 12.3 Å². The van der Waals surface area contributed by atoms with E-state index in [4.69, 9.17) is 27.5 Å². The lowest BCUT2D eigenvalue weighted by Crippen LogP contribution is -2.15. The fourth-order valence-electron chi connectivity index (χ4n) is 2.79. The van der Waals surface area contributed by atoms with Gasteiger partial charge in [-0.15, -0.1) is 0 Å². The van der Waals surface area contributed by atoms with Crippen molar-refractivity contribution in [1.29, 1.82) is 5.41 Å². The van der Waals surface area contributed by atoms with Gasteiger partial charge >= 0.3 is 0 Å². The number of nitrogens with zero attached hydrogens (tertiary/aromatic N) is 2. The standard InChI is InChI=1S/C13H20ClNO.C11H15N3O2S/c1-5-10(4)11-6-12(14)13(15-7-11)16-8-9(2)3;1-6-4-10(15)9(5-8(6)7(2)12)11(13)14-17(3)16/h6-7,9-10H,5,8H2,1-4H3;4-5,12,15H,1-3H3,(H2,13,14). The topological polar surface area (TPSA) is 122 Å². The molecule has 2 atom stereocenters. The summed E-state index contributed by atoms with van der Waals surface area (Å²) < 4.78 is 20.1. The first-order valence-corrected chi connectivity index (χ1v) is 12.6. The molecule has 4 N–H and O–H groups in total. The fraction of sp³-hybridized carbons (Fsp3) is 0.458. The Bertz CT molecular complexity index is 1030. The van der Waals surface area contributed by atoms with Crippen molar-refractivity contribution in [2.75, 3.05) is 12.9 Å². The van der Waals surface area contributed by atoms with E-state index in [1.165, 1.54) is 17.9 Å². The zero-order chi connectivity index (χ0) is 25.3. The van der Waals surface area contributed by atoms with Crippen molar-refractivity contribution in [3.8, 4) is 11.6 Å². The Morgan fingerprint density at radius 2 is 1.94 bits per heavy atom. The predicted octanol–water partition coefficient (Wildman–Crippen LogP) is 5.37. The molecule has 182 valence electrons. The van der Waals surface area contributed by atoms with Crippen LogP contribution in [-0.2, 0) is 11.0 Å². The number of phenolic OH excluding ortho intramolecular Hbond substituents is 1. The first kappa shape index (κ1) is 28.6. The molecule has 0 bridgehead atoms. The van der Waals surface area contributed by atoms with Gasteiger partial charge < -0.3 is 21.0 Å². The number of nitrogens with one attached hydrogen (secondary N) is 1. The number of halogens is 1. The number of pyridine rings is 1. The molecule has 0 amide bonds. The molecule has 0 fully saturated rings. The van der Waals surface area contributed by atoms with Gasteiger partial charge in [-0.25, -0.2) is 9.19 Å². The summed E-state index contributed by atoms with van der Waals surface area (Å²) in [7, 11) is -1.43. The van der Waals surface area contributed by atoms with Crippen molar-refractivity contribution in [3.05, 3.63) is 51.7 Å². The molecule has 1 aromatic carbocycles. The number of nitrogens with two attached hydrogens (primary N) is 1. The summed E-state index contributed by atoms with van der Waals surface area (Å²) in [6.45, 7) is 12.6. The maximum absolute atomic E-state index is 10.9. The number of aryl methyl sites for hydroxylation is 1. The molecule has 1 aromatic heterocycles. The van der Waals surface area contributed by atoms with Crippen LogP contribution < -0.4 is 10.5 Å². The summed E-state index contributed by atoms with van der Waals surface area (Å²) in [6, 6.07) is 5.06. The number of phenols is 1. The molecule has 0 aliphatic rings. The van der Waals surface area contributed by atoms with Crippen molar-refractivity contribution in [2.24, 2.45) is 16.0 Å². The quantitative estimate of drug-likeness (QED) is 0.336. The van der Waals surface area contributed by atoms with E-state index < -0.39 is 11.0 Å². The average molecular weight is 495 g/mol. The number of rotatable bonds is 8. The highest BCUT2D eigenvalue weighted by molar-refractivity contribution is 7.83. The fourth-order valence-corrected chi connectivity index (χ4v) is 3.39. The highest BCUT2D eigenvalue weighted by atomic mass is 35.5. The summed E-state index contributed by atoms with van der Waals surface area (Å²) in [5.74, 6) is 1.49. The van der Waals surface area contributed by atoms with Gasteiger partial charge in [0.1, 0.15) is 27.6 Å². The molecule has 2 rings (SSSR count). The average Bonchev–Trinajstić information content (AvgIpc) is 2.71. The number of ether oxygens (including phenoxy) is 1. The summed E-state index contributed by atoms with van der Waals surface area (Å²) in [4.78, 5) is 4.27. The Labute approximate surface area is 204 Å². The molecule has 33 heavy (non-hydrogen) atoms. The van der Waals surface area contributed by atoms with Gasteiger partial charge in [-0.3, -0.25) is 0 Å². The summed E-state index contributed by atoms with van der Waals surface area (Å²) >= 11 is 6.13. The molecule has 2 aromatic rings. The number of hydrogen-bond acceptors (Lipinski definition) is 5. The van der Waals surface area contributed by atoms with Gasteiger partial charge in [-0.2, -0.15) is 4.40 Å². The minimum Gasteiger partial charge on any atom is -0.507 e. The molecule has 0 saturated carbocycles. The van der Waals surface area contributed by atoms with Crippen LogP contribution >= 0.6 is 11.6 Å². The number of benzene rings is 1.